The van der Waals surface area contributed by atoms with Crippen LogP contribution in [-0.4, -0.2) is 51.9 Å². The van der Waals surface area contributed by atoms with Crippen molar-refractivity contribution >= 4 is 12.0 Å². The van der Waals surface area contributed by atoms with Crippen LogP contribution >= 0.6 is 0 Å². The summed E-state index contributed by atoms with van der Waals surface area (Å²) in [6.07, 6.45) is 4.20. The van der Waals surface area contributed by atoms with Crippen molar-refractivity contribution in [3.05, 3.63) is 18.0 Å². The zero-order valence-corrected chi connectivity index (χ0v) is 11.3. The van der Waals surface area contributed by atoms with E-state index < -0.39 is 5.97 Å². The number of urea groups is 1. The molecule has 0 aliphatic heterocycles. The Morgan fingerprint density at radius 2 is 2.26 bits per heavy atom. The number of aliphatic carboxylic acids is 1. The molecule has 0 spiro atoms. The van der Waals surface area contributed by atoms with Crippen LogP contribution in [0.4, 0.5) is 4.79 Å². The minimum absolute atomic E-state index is 0.0736. The number of carbonyl (C=O) groups excluding carboxylic acids is 1. The van der Waals surface area contributed by atoms with Gasteiger partial charge in [-0.1, -0.05) is 0 Å². The van der Waals surface area contributed by atoms with Gasteiger partial charge in [-0.2, -0.15) is 5.10 Å². The Kier molecular flexibility index (Phi) is 5.84. The molecule has 19 heavy (non-hydrogen) atoms. The predicted octanol–water partition coefficient (Wildman–Crippen LogP) is 0.698. The molecule has 0 aliphatic rings. The second-order valence-electron chi connectivity index (χ2n) is 4.43. The lowest BCUT2D eigenvalue weighted by Crippen LogP contribution is -2.39. The van der Waals surface area contributed by atoms with Gasteiger partial charge in [0.05, 0.1) is 12.7 Å². The van der Waals surface area contributed by atoms with Crippen molar-refractivity contribution in [3.8, 4) is 0 Å². The largest absolute Gasteiger partial charge is 0.481 e. The summed E-state index contributed by atoms with van der Waals surface area (Å²) in [6.45, 7) is 3.49. The maximum absolute atomic E-state index is 11.7. The lowest BCUT2D eigenvalue weighted by molar-refractivity contribution is -0.137. The van der Waals surface area contributed by atoms with Gasteiger partial charge >= 0.3 is 12.0 Å². The van der Waals surface area contributed by atoms with E-state index in [0.717, 1.165) is 5.56 Å². The Hall–Kier alpha value is -2.05. The summed E-state index contributed by atoms with van der Waals surface area (Å²) in [4.78, 5) is 23.5. The molecule has 1 aromatic rings. The Bertz CT molecular complexity index is 430. The lowest BCUT2D eigenvalue weighted by atomic mass is 10.3. The molecule has 0 radical (unpaired) electrons. The van der Waals surface area contributed by atoms with E-state index in [0.29, 0.717) is 26.1 Å². The molecule has 0 bridgehead atoms. The van der Waals surface area contributed by atoms with Crippen LogP contribution in [0, 0.1) is 6.92 Å². The zero-order chi connectivity index (χ0) is 14.3. The number of hydrogen-bond donors (Lipinski definition) is 2. The predicted molar refractivity (Wildman–Crippen MR) is 69.9 cm³/mol. The zero-order valence-electron chi connectivity index (χ0n) is 11.3. The third-order valence-corrected chi connectivity index (χ3v) is 2.61. The molecule has 0 saturated carbocycles. The molecule has 1 rings (SSSR count). The van der Waals surface area contributed by atoms with Crippen molar-refractivity contribution in [1.29, 1.82) is 0 Å². The fourth-order valence-corrected chi connectivity index (χ4v) is 1.57. The Morgan fingerprint density at radius 1 is 1.53 bits per heavy atom. The van der Waals surface area contributed by atoms with Crippen molar-refractivity contribution in [1.82, 2.24) is 20.0 Å². The number of nitrogens with zero attached hydrogens (tertiary/aromatic N) is 3. The molecule has 106 valence electrons. The molecule has 0 saturated heterocycles. The van der Waals surface area contributed by atoms with Gasteiger partial charge in [-0.05, 0) is 18.9 Å². The normalized spacial score (nSPS) is 10.2. The highest BCUT2D eigenvalue weighted by Gasteiger charge is 2.08. The first-order chi connectivity index (χ1) is 8.99. The molecule has 1 aromatic heterocycles. The number of hydrogen-bond acceptors (Lipinski definition) is 3. The number of rotatable bonds is 7. The third-order valence-electron chi connectivity index (χ3n) is 2.61. The van der Waals surface area contributed by atoms with Crippen LogP contribution in [-0.2, 0) is 11.3 Å². The Balaban J connectivity index is 2.17. The molecule has 1 heterocycles. The van der Waals surface area contributed by atoms with E-state index >= 15 is 0 Å². The van der Waals surface area contributed by atoms with E-state index in [9.17, 15) is 9.59 Å². The third kappa shape index (κ3) is 5.89. The molecule has 0 fully saturated rings. The first-order valence-corrected chi connectivity index (χ1v) is 6.19. The highest BCUT2D eigenvalue weighted by atomic mass is 16.4. The van der Waals surface area contributed by atoms with E-state index in [1.54, 1.807) is 17.9 Å². The van der Waals surface area contributed by atoms with Crippen LogP contribution in [0.5, 0.6) is 0 Å². The van der Waals surface area contributed by atoms with Gasteiger partial charge in [-0.15, -0.1) is 0 Å². The molecular formula is C12H20N4O3. The second kappa shape index (κ2) is 7.40. The van der Waals surface area contributed by atoms with Crippen molar-refractivity contribution < 1.29 is 14.7 Å². The number of amides is 2. The van der Waals surface area contributed by atoms with Crippen LogP contribution in [0.2, 0.25) is 0 Å². The summed E-state index contributed by atoms with van der Waals surface area (Å²) in [5, 5.41) is 15.4. The summed E-state index contributed by atoms with van der Waals surface area (Å²) >= 11 is 0. The first-order valence-electron chi connectivity index (χ1n) is 6.19. The van der Waals surface area contributed by atoms with Crippen LogP contribution < -0.4 is 5.32 Å². The molecule has 2 N–H and O–H groups in total. The molecule has 0 aliphatic carbocycles. The monoisotopic (exact) mass is 268 g/mol. The van der Waals surface area contributed by atoms with E-state index in [1.807, 2.05) is 13.1 Å². The van der Waals surface area contributed by atoms with Gasteiger partial charge in [-0.25, -0.2) is 4.79 Å². The highest BCUT2D eigenvalue weighted by Crippen LogP contribution is 1.95. The fourth-order valence-electron chi connectivity index (χ4n) is 1.57. The highest BCUT2D eigenvalue weighted by molar-refractivity contribution is 5.73. The van der Waals surface area contributed by atoms with E-state index in [2.05, 4.69) is 10.4 Å². The average molecular weight is 268 g/mol. The standard InChI is InChI=1S/C12H20N4O3/c1-10-8-14-16(9-10)7-5-13-12(19)15(2)6-3-4-11(17)18/h8-9H,3-7H2,1-2H3,(H,13,19)(H,17,18). The van der Waals surface area contributed by atoms with Crippen LogP contribution in [0.25, 0.3) is 0 Å². The summed E-state index contributed by atoms with van der Waals surface area (Å²) < 4.78 is 1.76. The number of carboxylic acids is 1. The van der Waals surface area contributed by atoms with Gasteiger partial charge in [0.15, 0.2) is 0 Å². The molecule has 2 amide bonds. The number of aromatic nitrogens is 2. The molecule has 0 atom stereocenters. The topological polar surface area (TPSA) is 87.5 Å². The number of nitrogens with one attached hydrogen (secondary N) is 1. The van der Waals surface area contributed by atoms with Crippen molar-refractivity contribution in [3.63, 3.8) is 0 Å². The number of carbonyl (C=O) groups is 2. The number of carboxylic acid groups (broad SMARTS) is 1. The lowest BCUT2D eigenvalue weighted by Gasteiger charge is -2.17. The molecule has 0 unspecified atom stereocenters. The smallest absolute Gasteiger partial charge is 0.317 e. The minimum atomic E-state index is -0.845. The van der Waals surface area contributed by atoms with Gasteiger partial charge in [0.25, 0.3) is 0 Å². The Labute approximate surface area is 112 Å². The van der Waals surface area contributed by atoms with Crippen molar-refractivity contribution in [2.45, 2.75) is 26.3 Å². The van der Waals surface area contributed by atoms with Gasteiger partial charge < -0.3 is 15.3 Å². The fraction of sp³-hybridized carbons (Fsp3) is 0.583. The van der Waals surface area contributed by atoms with Gasteiger partial charge in [0, 0.05) is 32.8 Å². The summed E-state index contributed by atoms with van der Waals surface area (Å²) in [5.41, 5.74) is 1.08. The van der Waals surface area contributed by atoms with Gasteiger partial charge in [-0.3, -0.25) is 9.48 Å². The van der Waals surface area contributed by atoms with Crippen molar-refractivity contribution in [2.24, 2.45) is 0 Å². The van der Waals surface area contributed by atoms with Crippen LogP contribution in [0.1, 0.15) is 18.4 Å². The Morgan fingerprint density at radius 3 is 2.84 bits per heavy atom. The minimum Gasteiger partial charge on any atom is -0.481 e. The van der Waals surface area contributed by atoms with Gasteiger partial charge in [0.2, 0.25) is 0 Å². The van der Waals surface area contributed by atoms with Gasteiger partial charge in [0.1, 0.15) is 0 Å². The van der Waals surface area contributed by atoms with Crippen LogP contribution in [0.15, 0.2) is 12.4 Å². The molecular weight excluding hydrogens is 248 g/mol. The maximum atomic E-state index is 11.7. The average Bonchev–Trinajstić information content (AvgIpc) is 2.74. The molecule has 7 heteroatoms. The number of aryl methyl sites for hydroxylation is 1. The van der Waals surface area contributed by atoms with Crippen molar-refractivity contribution in [2.75, 3.05) is 20.1 Å². The molecule has 0 aromatic carbocycles. The van der Waals surface area contributed by atoms with E-state index in [-0.39, 0.29) is 12.5 Å². The summed E-state index contributed by atoms with van der Waals surface area (Å²) in [7, 11) is 1.65. The van der Waals surface area contributed by atoms with Crippen LogP contribution in [0.3, 0.4) is 0 Å². The van der Waals surface area contributed by atoms with E-state index in [4.69, 9.17) is 5.11 Å². The van der Waals surface area contributed by atoms with E-state index in [1.165, 1.54) is 4.90 Å². The SMILES string of the molecule is Cc1cnn(CCNC(=O)N(C)CCCC(=O)O)c1. The molecule has 7 nitrogen and oxygen atoms in total. The summed E-state index contributed by atoms with van der Waals surface area (Å²) in [5.74, 6) is -0.845. The quantitative estimate of drug-likeness (QED) is 0.762. The summed E-state index contributed by atoms with van der Waals surface area (Å²) in [6, 6.07) is -0.200. The second-order valence-corrected chi connectivity index (χ2v) is 4.43. The maximum Gasteiger partial charge on any atom is 0.317 e. The first kappa shape index (κ1) is 15.0.